The van der Waals surface area contributed by atoms with Crippen LogP contribution in [0.25, 0.3) is 10.8 Å². The summed E-state index contributed by atoms with van der Waals surface area (Å²) in [5, 5.41) is 12.8. The third-order valence-electron chi connectivity index (χ3n) is 4.96. The zero-order valence-electron chi connectivity index (χ0n) is 14.8. The molecule has 134 valence electrons. The standard InChI is InChI=1S/C20H21ClN4O/c1-12-9-17(21)14-5-3-4-6-15(14)19(12)24-20(26)22-11-18-16(13-7-8-13)10-23-25(18)2/h3-6,9-10,13H,7-8,11H2,1-2H3,(H2,22,24,26). The van der Waals surface area contributed by atoms with Crippen molar-refractivity contribution in [2.45, 2.75) is 32.2 Å². The topological polar surface area (TPSA) is 59.0 Å². The fourth-order valence-electron chi connectivity index (χ4n) is 3.38. The lowest BCUT2D eigenvalue weighted by atomic mass is 10.0. The van der Waals surface area contributed by atoms with E-state index in [9.17, 15) is 4.79 Å². The van der Waals surface area contributed by atoms with Gasteiger partial charge in [-0.3, -0.25) is 4.68 Å². The maximum Gasteiger partial charge on any atom is 0.319 e. The van der Waals surface area contributed by atoms with Gasteiger partial charge in [0.05, 0.1) is 24.1 Å². The van der Waals surface area contributed by atoms with E-state index >= 15 is 0 Å². The number of aromatic nitrogens is 2. The van der Waals surface area contributed by atoms with Crippen molar-refractivity contribution in [2.75, 3.05) is 5.32 Å². The van der Waals surface area contributed by atoms with Crippen LogP contribution in [0.5, 0.6) is 0 Å². The van der Waals surface area contributed by atoms with E-state index in [0.29, 0.717) is 17.5 Å². The van der Waals surface area contributed by atoms with E-state index in [2.05, 4.69) is 15.7 Å². The van der Waals surface area contributed by atoms with Crippen molar-refractivity contribution in [2.24, 2.45) is 7.05 Å². The lowest BCUT2D eigenvalue weighted by Crippen LogP contribution is -2.29. The number of aryl methyl sites for hydroxylation is 2. The minimum atomic E-state index is -0.233. The fraction of sp³-hybridized carbons (Fsp3) is 0.300. The number of amides is 2. The number of hydrogen-bond acceptors (Lipinski definition) is 2. The molecule has 2 aromatic carbocycles. The minimum absolute atomic E-state index is 0.233. The molecule has 26 heavy (non-hydrogen) atoms. The van der Waals surface area contributed by atoms with Gasteiger partial charge >= 0.3 is 6.03 Å². The third kappa shape index (κ3) is 3.15. The molecule has 2 amide bonds. The molecular formula is C20H21ClN4O. The van der Waals surface area contributed by atoms with E-state index in [1.54, 1.807) is 0 Å². The number of benzene rings is 2. The quantitative estimate of drug-likeness (QED) is 0.699. The number of nitrogens with one attached hydrogen (secondary N) is 2. The lowest BCUT2D eigenvalue weighted by molar-refractivity contribution is 0.251. The second-order valence-corrected chi connectivity index (χ2v) is 7.26. The Balaban J connectivity index is 1.53. The van der Waals surface area contributed by atoms with Gasteiger partial charge in [-0.2, -0.15) is 5.10 Å². The van der Waals surface area contributed by atoms with Crippen LogP contribution < -0.4 is 10.6 Å². The minimum Gasteiger partial charge on any atom is -0.332 e. The van der Waals surface area contributed by atoms with E-state index in [1.165, 1.54) is 18.4 Å². The van der Waals surface area contributed by atoms with Crippen LogP contribution in [0, 0.1) is 6.92 Å². The van der Waals surface area contributed by atoms with Gasteiger partial charge in [0, 0.05) is 22.8 Å². The van der Waals surface area contributed by atoms with E-state index in [0.717, 1.165) is 27.7 Å². The number of hydrogen-bond donors (Lipinski definition) is 2. The molecule has 1 aromatic heterocycles. The van der Waals surface area contributed by atoms with Gasteiger partial charge in [0.1, 0.15) is 0 Å². The molecule has 0 saturated heterocycles. The summed E-state index contributed by atoms with van der Waals surface area (Å²) in [5.74, 6) is 0.603. The highest BCUT2D eigenvalue weighted by molar-refractivity contribution is 6.36. The van der Waals surface area contributed by atoms with Crippen LogP contribution in [0.15, 0.2) is 36.5 Å². The molecule has 1 aliphatic carbocycles. The van der Waals surface area contributed by atoms with Crippen LogP contribution in [-0.2, 0) is 13.6 Å². The average Bonchev–Trinajstić information content (AvgIpc) is 3.40. The van der Waals surface area contributed by atoms with Crippen molar-refractivity contribution in [3.05, 3.63) is 58.4 Å². The van der Waals surface area contributed by atoms with E-state index < -0.39 is 0 Å². The summed E-state index contributed by atoms with van der Waals surface area (Å²) in [5.41, 5.74) is 4.04. The number of urea groups is 1. The highest BCUT2D eigenvalue weighted by Gasteiger charge is 2.28. The molecule has 1 fully saturated rings. The Morgan fingerprint density at radius 1 is 1.31 bits per heavy atom. The molecule has 1 aliphatic rings. The van der Waals surface area contributed by atoms with Gasteiger partial charge in [0.15, 0.2) is 0 Å². The Morgan fingerprint density at radius 3 is 2.77 bits per heavy atom. The normalized spacial score (nSPS) is 13.8. The molecule has 0 atom stereocenters. The van der Waals surface area contributed by atoms with Crippen molar-refractivity contribution < 1.29 is 4.79 Å². The first kappa shape index (κ1) is 16.9. The zero-order chi connectivity index (χ0) is 18.3. The molecule has 5 nitrogen and oxygen atoms in total. The summed E-state index contributed by atoms with van der Waals surface area (Å²) in [6, 6.07) is 9.46. The second-order valence-electron chi connectivity index (χ2n) is 6.85. The number of carbonyl (C=O) groups excluding carboxylic acids is 1. The fourth-order valence-corrected chi connectivity index (χ4v) is 3.71. The van der Waals surface area contributed by atoms with Crippen LogP contribution >= 0.6 is 11.6 Å². The van der Waals surface area contributed by atoms with Gasteiger partial charge < -0.3 is 10.6 Å². The molecule has 0 unspecified atom stereocenters. The maximum atomic E-state index is 12.5. The largest absolute Gasteiger partial charge is 0.332 e. The Morgan fingerprint density at radius 2 is 2.04 bits per heavy atom. The zero-order valence-corrected chi connectivity index (χ0v) is 15.6. The highest BCUT2D eigenvalue weighted by Crippen LogP contribution is 2.41. The number of rotatable bonds is 4. The summed E-state index contributed by atoms with van der Waals surface area (Å²) >= 11 is 6.33. The van der Waals surface area contributed by atoms with Crippen molar-refractivity contribution in [3.63, 3.8) is 0 Å². The molecule has 0 aliphatic heterocycles. The number of fused-ring (bicyclic) bond motifs is 1. The summed E-state index contributed by atoms with van der Waals surface area (Å²) in [4.78, 5) is 12.5. The first-order chi connectivity index (χ1) is 12.5. The van der Waals surface area contributed by atoms with Crippen LogP contribution in [0.3, 0.4) is 0 Å². The molecule has 1 heterocycles. The van der Waals surface area contributed by atoms with Gasteiger partial charge in [-0.1, -0.05) is 35.9 Å². The number of nitrogens with zero attached hydrogens (tertiary/aromatic N) is 2. The molecule has 3 aromatic rings. The Labute approximate surface area is 157 Å². The van der Waals surface area contributed by atoms with Gasteiger partial charge in [0.2, 0.25) is 0 Å². The maximum absolute atomic E-state index is 12.5. The van der Waals surface area contributed by atoms with Crippen molar-refractivity contribution in [3.8, 4) is 0 Å². The first-order valence-corrected chi connectivity index (χ1v) is 9.16. The van der Waals surface area contributed by atoms with E-state index in [1.807, 2.05) is 55.2 Å². The Hall–Kier alpha value is -2.53. The summed E-state index contributed by atoms with van der Waals surface area (Å²) in [6.07, 6.45) is 4.34. The van der Waals surface area contributed by atoms with E-state index in [4.69, 9.17) is 11.6 Å². The Bertz CT molecular complexity index is 991. The smallest absolute Gasteiger partial charge is 0.319 e. The number of halogens is 1. The van der Waals surface area contributed by atoms with Gasteiger partial charge in [-0.05, 0) is 42.9 Å². The molecular weight excluding hydrogens is 348 g/mol. The van der Waals surface area contributed by atoms with Gasteiger partial charge in [-0.25, -0.2) is 4.79 Å². The molecule has 1 saturated carbocycles. The van der Waals surface area contributed by atoms with E-state index in [-0.39, 0.29) is 6.03 Å². The van der Waals surface area contributed by atoms with Crippen LogP contribution in [0.4, 0.5) is 10.5 Å². The molecule has 0 radical (unpaired) electrons. The van der Waals surface area contributed by atoms with Crippen LogP contribution in [0.2, 0.25) is 5.02 Å². The molecule has 4 rings (SSSR count). The molecule has 0 bridgehead atoms. The SMILES string of the molecule is Cc1cc(Cl)c2ccccc2c1NC(=O)NCc1c(C2CC2)cnn1C. The molecule has 6 heteroatoms. The summed E-state index contributed by atoms with van der Waals surface area (Å²) < 4.78 is 1.84. The van der Waals surface area contributed by atoms with Crippen molar-refractivity contribution in [1.82, 2.24) is 15.1 Å². The molecule has 0 spiro atoms. The van der Waals surface area contributed by atoms with Crippen molar-refractivity contribution >= 4 is 34.1 Å². The average molecular weight is 369 g/mol. The monoisotopic (exact) mass is 368 g/mol. The van der Waals surface area contributed by atoms with Gasteiger partial charge in [-0.15, -0.1) is 0 Å². The van der Waals surface area contributed by atoms with Crippen LogP contribution in [-0.4, -0.2) is 15.8 Å². The third-order valence-corrected chi connectivity index (χ3v) is 5.27. The molecule has 2 N–H and O–H groups in total. The Kier molecular flexibility index (Phi) is 4.32. The summed E-state index contributed by atoms with van der Waals surface area (Å²) in [7, 11) is 1.91. The summed E-state index contributed by atoms with van der Waals surface area (Å²) in [6.45, 7) is 2.40. The second kappa shape index (κ2) is 6.65. The predicted octanol–water partition coefficient (Wildman–Crippen LogP) is 4.73. The highest BCUT2D eigenvalue weighted by atomic mass is 35.5. The lowest BCUT2D eigenvalue weighted by Gasteiger charge is -2.14. The number of carbonyl (C=O) groups is 1. The van der Waals surface area contributed by atoms with Crippen molar-refractivity contribution in [1.29, 1.82) is 0 Å². The predicted molar refractivity (Wildman–Crippen MR) is 105 cm³/mol. The van der Waals surface area contributed by atoms with Gasteiger partial charge in [0.25, 0.3) is 0 Å². The van der Waals surface area contributed by atoms with Crippen LogP contribution in [0.1, 0.15) is 35.6 Å². The number of anilines is 1. The first-order valence-electron chi connectivity index (χ1n) is 8.78.